The van der Waals surface area contributed by atoms with Gasteiger partial charge in [0, 0.05) is 19.6 Å². The van der Waals surface area contributed by atoms with Gasteiger partial charge in [0.2, 0.25) is 0 Å². The van der Waals surface area contributed by atoms with E-state index in [1.54, 1.807) is 32.4 Å². The minimum absolute atomic E-state index is 0.119. The number of hydrogen-bond acceptors (Lipinski definition) is 4. The van der Waals surface area contributed by atoms with Gasteiger partial charge >= 0.3 is 0 Å². The molecule has 5 nitrogen and oxygen atoms in total. The van der Waals surface area contributed by atoms with Crippen molar-refractivity contribution < 1.29 is 14.3 Å². The third-order valence-electron chi connectivity index (χ3n) is 4.53. The molecule has 1 N–H and O–H groups in total. The van der Waals surface area contributed by atoms with Gasteiger partial charge in [-0.15, -0.1) is 0 Å². The molecule has 2 rings (SSSR count). The monoisotopic (exact) mass is 334 g/mol. The lowest BCUT2D eigenvalue weighted by Gasteiger charge is -2.34. The second-order valence-corrected chi connectivity index (χ2v) is 6.86. The van der Waals surface area contributed by atoms with Crippen LogP contribution in [0.2, 0.25) is 0 Å². The number of ether oxygens (including phenoxy) is 2. The van der Waals surface area contributed by atoms with E-state index in [1.165, 1.54) is 19.5 Å². The fourth-order valence-corrected chi connectivity index (χ4v) is 3.64. The highest BCUT2D eigenvalue weighted by Gasteiger charge is 2.21. The lowest BCUT2D eigenvalue weighted by atomic mass is 9.92. The maximum absolute atomic E-state index is 12.4. The van der Waals surface area contributed by atoms with E-state index in [2.05, 4.69) is 24.1 Å². The first-order chi connectivity index (χ1) is 11.5. The average Bonchev–Trinajstić information content (AvgIpc) is 2.56. The highest BCUT2D eigenvalue weighted by atomic mass is 16.5. The first-order valence-corrected chi connectivity index (χ1v) is 8.76. The van der Waals surface area contributed by atoms with Crippen molar-refractivity contribution in [3.05, 3.63) is 23.8 Å². The molecule has 2 atom stereocenters. The van der Waals surface area contributed by atoms with E-state index in [9.17, 15) is 4.79 Å². The summed E-state index contributed by atoms with van der Waals surface area (Å²) in [4.78, 5) is 14.9. The Kier molecular flexibility index (Phi) is 6.91. The fraction of sp³-hybridized carbons (Fsp3) is 0.632. The Morgan fingerprint density at radius 3 is 2.54 bits per heavy atom. The Hall–Kier alpha value is -1.75. The zero-order chi connectivity index (χ0) is 17.5. The molecular weight excluding hydrogens is 304 g/mol. The number of nitrogens with one attached hydrogen (secondary N) is 1. The zero-order valence-corrected chi connectivity index (χ0v) is 15.3. The number of carbonyl (C=O) groups excluding carboxylic acids is 1. The van der Waals surface area contributed by atoms with E-state index in [0.717, 1.165) is 24.8 Å². The van der Waals surface area contributed by atoms with Crippen LogP contribution >= 0.6 is 0 Å². The summed E-state index contributed by atoms with van der Waals surface area (Å²) >= 11 is 0. The van der Waals surface area contributed by atoms with Gasteiger partial charge in [0.1, 0.15) is 0 Å². The van der Waals surface area contributed by atoms with Crippen molar-refractivity contribution in [3.8, 4) is 11.5 Å². The lowest BCUT2D eigenvalue weighted by Crippen LogP contribution is -2.40. The quantitative estimate of drug-likeness (QED) is 0.779. The Morgan fingerprint density at radius 2 is 1.92 bits per heavy atom. The molecule has 24 heavy (non-hydrogen) atoms. The maximum atomic E-state index is 12.4. The molecule has 134 valence electrons. The summed E-state index contributed by atoms with van der Waals surface area (Å²) in [6.07, 6.45) is 2.28. The van der Waals surface area contributed by atoms with Gasteiger partial charge in [-0.3, -0.25) is 4.79 Å². The molecule has 1 amide bonds. The number of piperidine rings is 1. The number of likely N-dealkylation sites (tertiary alicyclic amines) is 1. The zero-order valence-electron chi connectivity index (χ0n) is 15.3. The van der Waals surface area contributed by atoms with Crippen LogP contribution in [0.1, 0.15) is 37.0 Å². The van der Waals surface area contributed by atoms with Crippen molar-refractivity contribution in [2.45, 2.75) is 26.7 Å². The second kappa shape index (κ2) is 8.92. The van der Waals surface area contributed by atoms with Gasteiger partial charge in [-0.2, -0.15) is 0 Å². The number of carbonyl (C=O) groups is 1. The van der Waals surface area contributed by atoms with Crippen LogP contribution in [0.25, 0.3) is 0 Å². The van der Waals surface area contributed by atoms with Crippen LogP contribution in [0, 0.1) is 11.8 Å². The van der Waals surface area contributed by atoms with Gasteiger partial charge in [-0.1, -0.05) is 19.9 Å². The first-order valence-electron chi connectivity index (χ1n) is 8.76. The highest BCUT2D eigenvalue weighted by molar-refractivity contribution is 5.97. The summed E-state index contributed by atoms with van der Waals surface area (Å²) in [5.74, 6) is 2.47. The minimum atomic E-state index is -0.119. The number of para-hydroxylation sites is 1. The smallest absolute Gasteiger partial charge is 0.255 e. The molecule has 0 unspecified atom stereocenters. The molecule has 1 fully saturated rings. The highest BCUT2D eigenvalue weighted by Crippen LogP contribution is 2.30. The molecule has 1 aliphatic rings. The molecule has 5 heteroatoms. The van der Waals surface area contributed by atoms with E-state index < -0.39 is 0 Å². The van der Waals surface area contributed by atoms with E-state index in [0.29, 0.717) is 23.6 Å². The summed E-state index contributed by atoms with van der Waals surface area (Å²) in [5.41, 5.74) is 0.511. The molecule has 0 saturated carbocycles. The van der Waals surface area contributed by atoms with Crippen molar-refractivity contribution in [2.24, 2.45) is 11.8 Å². The topological polar surface area (TPSA) is 50.8 Å². The summed E-state index contributed by atoms with van der Waals surface area (Å²) in [6.45, 7) is 8.67. The van der Waals surface area contributed by atoms with Crippen LogP contribution < -0.4 is 14.8 Å². The van der Waals surface area contributed by atoms with E-state index in [4.69, 9.17) is 9.47 Å². The van der Waals surface area contributed by atoms with Gasteiger partial charge in [-0.05, 0) is 43.4 Å². The number of methoxy groups -OCH3 is 2. The van der Waals surface area contributed by atoms with Crippen molar-refractivity contribution in [1.29, 1.82) is 0 Å². The third kappa shape index (κ3) is 4.87. The summed E-state index contributed by atoms with van der Waals surface area (Å²) in [6, 6.07) is 5.34. The SMILES string of the molecule is COc1cccc(C(=O)NCCCN2C[C@H](C)C[C@H](C)C2)c1OC. The Morgan fingerprint density at radius 1 is 1.21 bits per heavy atom. The lowest BCUT2D eigenvalue weighted by molar-refractivity contribution is 0.0943. The molecule has 0 spiro atoms. The largest absolute Gasteiger partial charge is 0.493 e. The molecule has 1 aromatic rings. The number of hydrogen-bond donors (Lipinski definition) is 1. The summed E-state index contributed by atoms with van der Waals surface area (Å²) < 4.78 is 10.6. The molecule has 0 aromatic heterocycles. The summed E-state index contributed by atoms with van der Waals surface area (Å²) in [7, 11) is 3.12. The van der Waals surface area contributed by atoms with E-state index >= 15 is 0 Å². The number of benzene rings is 1. The van der Waals surface area contributed by atoms with Gasteiger partial charge in [0.05, 0.1) is 19.8 Å². The molecule has 1 aliphatic heterocycles. The van der Waals surface area contributed by atoms with Gasteiger partial charge in [0.15, 0.2) is 11.5 Å². The standard InChI is InChI=1S/C19H30N2O3/c1-14-11-15(2)13-21(12-14)10-6-9-20-19(22)16-7-5-8-17(23-3)18(16)24-4/h5,7-8,14-15H,6,9-13H2,1-4H3,(H,20,22)/t14-,15+. The van der Waals surface area contributed by atoms with E-state index in [1.807, 2.05) is 0 Å². The average molecular weight is 334 g/mol. The van der Waals surface area contributed by atoms with Crippen molar-refractivity contribution in [2.75, 3.05) is 40.4 Å². The van der Waals surface area contributed by atoms with Gasteiger partial charge in [-0.25, -0.2) is 0 Å². The van der Waals surface area contributed by atoms with Crippen molar-refractivity contribution in [1.82, 2.24) is 10.2 Å². The van der Waals surface area contributed by atoms with Crippen LogP contribution in [0.5, 0.6) is 11.5 Å². The molecule has 0 bridgehead atoms. The predicted octanol–water partition coefficient (Wildman–Crippen LogP) is 2.80. The fourth-order valence-electron chi connectivity index (χ4n) is 3.64. The maximum Gasteiger partial charge on any atom is 0.255 e. The summed E-state index contributed by atoms with van der Waals surface area (Å²) in [5, 5.41) is 2.99. The Labute approximate surface area is 145 Å². The molecule has 1 heterocycles. The Balaban J connectivity index is 1.81. The molecule has 0 radical (unpaired) electrons. The van der Waals surface area contributed by atoms with Crippen LogP contribution in [-0.2, 0) is 0 Å². The predicted molar refractivity (Wildman–Crippen MR) is 95.9 cm³/mol. The first kappa shape index (κ1) is 18.6. The second-order valence-electron chi connectivity index (χ2n) is 6.86. The van der Waals surface area contributed by atoms with Crippen molar-refractivity contribution in [3.63, 3.8) is 0 Å². The Bertz CT molecular complexity index is 537. The minimum Gasteiger partial charge on any atom is -0.493 e. The normalized spacial score (nSPS) is 21.3. The third-order valence-corrected chi connectivity index (χ3v) is 4.53. The molecule has 0 aliphatic carbocycles. The number of rotatable bonds is 7. The van der Waals surface area contributed by atoms with Gasteiger partial charge < -0.3 is 19.7 Å². The van der Waals surface area contributed by atoms with Crippen LogP contribution in [0.3, 0.4) is 0 Å². The van der Waals surface area contributed by atoms with Crippen LogP contribution in [-0.4, -0.2) is 51.2 Å². The van der Waals surface area contributed by atoms with Crippen molar-refractivity contribution >= 4 is 5.91 Å². The molecular formula is C19H30N2O3. The number of nitrogens with zero attached hydrogens (tertiary/aromatic N) is 1. The van der Waals surface area contributed by atoms with Crippen LogP contribution in [0.4, 0.5) is 0 Å². The van der Waals surface area contributed by atoms with Crippen LogP contribution in [0.15, 0.2) is 18.2 Å². The molecule has 1 saturated heterocycles. The number of amides is 1. The van der Waals surface area contributed by atoms with E-state index in [-0.39, 0.29) is 5.91 Å². The van der Waals surface area contributed by atoms with Gasteiger partial charge in [0.25, 0.3) is 5.91 Å². The molecule has 1 aromatic carbocycles.